The smallest absolute Gasteiger partial charge is 0.0240 e. The van der Waals surface area contributed by atoms with Crippen LogP contribution in [-0.2, 0) is 13.0 Å². The minimum absolute atomic E-state index is 1.11. The molecule has 0 spiro atoms. The fourth-order valence-electron chi connectivity index (χ4n) is 2.69. The maximum Gasteiger partial charge on any atom is 0.0240 e. The van der Waals surface area contributed by atoms with Crippen LogP contribution < -0.4 is 5.32 Å². The van der Waals surface area contributed by atoms with Gasteiger partial charge in [-0.25, -0.2) is 0 Å². The third-order valence-electron chi connectivity index (χ3n) is 3.95. The molecule has 0 atom stereocenters. The first-order valence-electron chi connectivity index (χ1n) is 6.50. The molecule has 1 aromatic carbocycles. The largest absolute Gasteiger partial charge is 0.309 e. The lowest BCUT2D eigenvalue weighted by Gasteiger charge is -2.31. The maximum absolute atomic E-state index is 3.32. The summed E-state index contributed by atoms with van der Waals surface area (Å²) in [5, 5.41) is 3.32. The van der Waals surface area contributed by atoms with Crippen LogP contribution in [0.3, 0.4) is 0 Å². The van der Waals surface area contributed by atoms with Crippen LogP contribution in [0.1, 0.15) is 18.1 Å². The first-order chi connectivity index (χ1) is 8.33. The minimum atomic E-state index is 1.11. The molecule has 0 radical (unpaired) electrons. The van der Waals surface area contributed by atoms with E-state index in [1.807, 2.05) is 0 Å². The molecule has 1 N–H and O–H groups in total. The van der Waals surface area contributed by atoms with Crippen LogP contribution in [0.25, 0.3) is 0 Å². The van der Waals surface area contributed by atoms with Gasteiger partial charge in [-0.1, -0.05) is 29.8 Å². The molecule has 17 heavy (non-hydrogen) atoms. The van der Waals surface area contributed by atoms with Gasteiger partial charge >= 0.3 is 0 Å². The zero-order valence-electron chi connectivity index (χ0n) is 10.5. The Hall–Kier alpha value is -1.12. The second-order valence-corrected chi connectivity index (χ2v) is 5.22. The summed E-state index contributed by atoms with van der Waals surface area (Å²) in [7, 11) is 0. The Bertz CT molecular complexity index is 442. The molecule has 2 aliphatic rings. The van der Waals surface area contributed by atoms with Crippen molar-refractivity contribution < 1.29 is 0 Å². The van der Waals surface area contributed by atoms with Gasteiger partial charge in [0.15, 0.2) is 0 Å². The molecule has 0 amide bonds. The van der Waals surface area contributed by atoms with E-state index < -0.39 is 0 Å². The number of nitrogens with one attached hydrogen (secondary N) is 1. The lowest BCUT2D eigenvalue weighted by molar-refractivity contribution is 0.274. The highest BCUT2D eigenvalue weighted by molar-refractivity contribution is 5.30. The van der Waals surface area contributed by atoms with Crippen molar-refractivity contribution in [2.75, 3.05) is 26.2 Å². The van der Waals surface area contributed by atoms with E-state index in [4.69, 9.17) is 0 Å². The SMILES string of the molecule is CC(CN1CCc2ccccc2C1)=C1CNC1. The highest BCUT2D eigenvalue weighted by Gasteiger charge is 2.18. The Morgan fingerprint density at radius 3 is 2.71 bits per heavy atom. The normalized spacial score (nSPS) is 19.7. The first kappa shape index (κ1) is 11.0. The Morgan fingerprint density at radius 2 is 2.00 bits per heavy atom. The molecule has 2 nitrogen and oxygen atoms in total. The van der Waals surface area contributed by atoms with Crippen molar-refractivity contribution in [2.24, 2.45) is 0 Å². The molecule has 3 rings (SSSR count). The average molecular weight is 228 g/mol. The standard InChI is InChI=1S/C15H20N2/c1-12(15-8-16-9-15)10-17-7-6-13-4-2-3-5-14(13)11-17/h2-5,16H,6-11H2,1H3. The zero-order chi connectivity index (χ0) is 11.7. The molecule has 0 bridgehead atoms. The molecule has 0 saturated carbocycles. The fourth-order valence-corrected chi connectivity index (χ4v) is 2.69. The topological polar surface area (TPSA) is 15.3 Å². The number of benzene rings is 1. The molecule has 1 saturated heterocycles. The number of hydrogen-bond acceptors (Lipinski definition) is 2. The predicted molar refractivity (Wildman–Crippen MR) is 71.0 cm³/mol. The predicted octanol–water partition coefficient (Wildman–Crippen LogP) is 1.96. The van der Waals surface area contributed by atoms with Crippen molar-refractivity contribution in [3.8, 4) is 0 Å². The lowest BCUT2D eigenvalue weighted by atomic mass is 9.98. The van der Waals surface area contributed by atoms with Gasteiger partial charge in [0.25, 0.3) is 0 Å². The van der Waals surface area contributed by atoms with Gasteiger partial charge in [0.1, 0.15) is 0 Å². The van der Waals surface area contributed by atoms with Crippen LogP contribution >= 0.6 is 0 Å². The summed E-state index contributed by atoms with van der Waals surface area (Å²) < 4.78 is 0. The summed E-state index contributed by atoms with van der Waals surface area (Å²) in [6.45, 7) is 7.97. The summed E-state index contributed by atoms with van der Waals surface area (Å²) in [4.78, 5) is 2.57. The van der Waals surface area contributed by atoms with Crippen LogP contribution in [0, 0.1) is 0 Å². The number of rotatable bonds is 2. The fraction of sp³-hybridized carbons (Fsp3) is 0.467. The maximum atomic E-state index is 3.32. The number of nitrogens with zero attached hydrogens (tertiary/aromatic N) is 1. The van der Waals surface area contributed by atoms with E-state index >= 15 is 0 Å². The second-order valence-electron chi connectivity index (χ2n) is 5.22. The van der Waals surface area contributed by atoms with E-state index in [9.17, 15) is 0 Å². The molecule has 0 unspecified atom stereocenters. The van der Waals surface area contributed by atoms with Crippen LogP contribution in [0.5, 0.6) is 0 Å². The Kier molecular flexibility index (Phi) is 3.00. The van der Waals surface area contributed by atoms with Crippen molar-refractivity contribution in [1.29, 1.82) is 0 Å². The van der Waals surface area contributed by atoms with Gasteiger partial charge < -0.3 is 5.32 Å². The van der Waals surface area contributed by atoms with E-state index in [1.165, 1.54) is 18.5 Å². The molecule has 0 aliphatic carbocycles. The van der Waals surface area contributed by atoms with E-state index in [0.717, 1.165) is 26.2 Å². The van der Waals surface area contributed by atoms with E-state index in [2.05, 4.69) is 41.4 Å². The Labute approximate surface area is 103 Å². The van der Waals surface area contributed by atoms with Gasteiger partial charge in [-0.05, 0) is 30.0 Å². The van der Waals surface area contributed by atoms with Gasteiger partial charge in [-0.3, -0.25) is 4.90 Å². The molecular formula is C15H20N2. The Balaban J connectivity index is 1.68. The molecule has 2 heterocycles. The van der Waals surface area contributed by atoms with Crippen molar-refractivity contribution in [2.45, 2.75) is 19.9 Å². The molecule has 1 fully saturated rings. The third-order valence-corrected chi connectivity index (χ3v) is 3.95. The van der Waals surface area contributed by atoms with Crippen LogP contribution in [0.4, 0.5) is 0 Å². The lowest BCUT2D eigenvalue weighted by Crippen LogP contribution is -2.38. The number of fused-ring (bicyclic) bond motifs is 1. The molecule has 0 aromatic heterocycles. The van der Waals surface area contributed by atoms with E-state index in [1.54, 1.807) is 16.7 Å². The monoisotopic (exact) mass is 228 g/mol. The highest BCUT2D eigenvalue weighted by Crippen LogP contribution is 2.20. The summed E-state index contributed by atoms with van der Waals surface area (Å²) in [5.41, 5.74) is 6.25. The first-order valence-corrected chi connectivity index (χ1v) is 6.50. The molecular weight excluding hydrogens is 208 g/mol. The number of hydrogen-bond donors (Lipinski definition) is 1. The van der Waals surface area contributed by atoms with Crippen molar-refractivity contribution in [3.63, 3.8) is 0 Å². The van der Waals surface area contributed by atoms with Gasteiger partial charge in [0, 0.05) is 32.7 Å². The summed E-state index contributed by atoms with van der Waals surface area (Å²) >= 11 is 0. The van der Waals surface area contributed by atoms with Crippen LogP contribution in [0.2, 0.25) is 0 Å². The van der Waals surface area contributed by atoms with Crippen molar-refractivity contribution in [1.82, 2.24) is 10.2 Å². The summed E-state index contributed by atoms with van der Waals surface area (Å²) in [5.74, 6) is 0. The van der Waals surface area contributed by atoms with Gasteiger partial charge in [-0.15, -0.1) is 0 Å². The third kappa shape index (κ3) is 2.28. The van der Waals surface area contributed by atoms with Crippen molar-refractivity contribution in [3.05, 3.63) is 46.5 Å². The average Bonchev–Trinajstić information content (AvgIpc) is 2.26. The van der Waals surface area contributed by atoms with Gasteiger partial charge in [0.2, 0.25) is 0 Å². The second kappa shape index (κ2) is 4.63. The molecule has 2 heteroatoms. The Morgan fingerprint density at radius 1 is 1.24 bits per heavy atom. The quantitative estimate of drug-likeness (QED) is 0.779. The molecule has 1 aromatic rings. The van der Waals surface area contributed by atoms with Gasteiger partial charge in [0.05, 0.1) is 0 Å². The van der Waals surface area contributed by atoms with Crippen molar-refractivity contribution >= 4 is 0 Å². The minimum Gasteiger partial charge on any atom is -0.309 e. The molecule has 2 aliphatic heterocycles. The zero-order valence-corrected chi connectivity index (χ0v) is 10.5. The van der Waals surface area contributed by atoms with Crippen LogP contribution in [0.15, 0.2) is 35.4 Å². The van der Waals surface area contributed by atoms with Crippen LogP contribution in [-0.4, -0.2) is 31.1 Å². The summed E-state index contributed by atoms with van der Waals surface area (Å²) in [6, 6.07) is 8.86. The summed E-state index contributed by atoms with van der Waals surface area (Å²) in [6.07, 6.45) is 1.21. The molecule has 90 valence electrons. The highest BCUT2D eigenvalue weighted by atomic mass is 15.1. The van der Waals surface area contributed by atoms with E-state index in [-0.39, 0.29) is 0 Å². The van der Waals surface area contributed by atoms with E-state index in [0.29, 0.717) is 0 Å². The van der Waals surface area contributed by atoms with Gasteiger partial charge in [-0.2, -0.15) is 0 Å².